The highest BCUT2D eigenvalue weighted by atomic mass is 32.2. The van der Waals surface area contributed by atoms with E-state index in [4.69, 9.17) is 0 Å². The number of anilines is 1. The molecule has 0 bridgehead atoms. The molecule has 0 atom stereocenters. The Morgan fingerprint density at radius 1 is 0.885 bits per heavy atom. The molecule has 1 aliphatic rings. The predicted octanol–water partition coefficient (Wildman–Crippen LogP) is 1.34. The Balaban J connectivity index is 1.60. The Morgan fingerprint density at radius 2 is 1.42 bits per heavy atom. The molecule has 1 heterocycles. The Bertz CT molecular complexity index is 935. The SMILES string of the molecule is O=C(CS(=O)(=O)CCN1C(=O)c2ccccc2C1=O)Nc1ccccc1. The van der Waals surface area contributed by atoms with E-state index in [9.17, 15) is 22.8 Å². The summed E-state index contributed by atoms with van der Waals surface area (Å²) in [5, 5.41) is 2.49. The summed E-state index contributed by atoms with van der Waals surface area (Å²) in [4.78, 5) is 37.2. The van der Waals surface area contributed by atoms with E-state index in [0.29, 0.717) is 5.69 Å². The van der Waals surface area contributed by atoms with Crippen LogP contribution in [0.15, 0.2) is 54.6 Å². The maximum absolute atomic E-state index is 12.2. The van der Waals surface area contributed by atoms with Crippen molar-refractivity contribution in [3.8, 4) is 0 Å². The summed E-state index contributed by atoms with van der Waals surface area (Å²) >= 11 is 0. The summed E-state index contributed by atoms with van der Waals surface area (Å²) in [6.07, 6.45) is 0. The number of carbonyl (C=O) groups excluding carboxylic acids is 3. The summed E-state index contributed by atoms with van der Waals surface area (Å²) in [6.45, 7) is -0.284. The number of hydrogen-bond donors (Lipinski definition) is 1. The number of carbonyl (C=O) groups is 3. The van der Waals surface area contributed by atoms with Crippen molar-refractivity contribution in [2.45, 2.75) is 0 Å². The molecule has 134 valence electrons. The van der Waals surface area contributed by atoms with Crippen LogP contribution >= 0.6 is 0 Å². The fraction of sp³-hybridized carbons (Fsp3) is 0.167. The van der Waals surface area contributed by atoms with Gasteiger partial charge < -0.3 is 5.32 Å². The zero-order valence-corrected chi connectivity index (χ0v) is 14.5. The summed E-state index contributed by atoms with van der Waals surface area (Å²) in [7, 11) is -3.78. The molecule has 0 saturated carbocycles. The van der Waals surface area contributed by atoms with Crippen molar-refractivity contribution in [2.24, 2.45) is 0 Å². The van der Waals surface area contributed by atoms with Gasteiger partial charge in [-0.1, -0.05) is 30.3 Å². The van der Waals surface area contributed by atoms with E-state index in [1.165, 1.54) is 12.1 Å². The molecule has 8 heteroatoms. The lowest BCUT2D eigenvalue weighted by molar-refractivity contribution is -0.113. The topological polar surface area (TPSA) is 101 Å². The second kappa shape index (κ2) is 7.09. The molecule has 3 rings (SSSR count). The first-order chi connectivity index (χ1) is 12.4. The zero-order valence-electron chi connectivity index (χ0n) is 13.7. The van der Waals surface area contributed by atoms with Gasteiger partial charge in [-0.2, -0.15) is 0 Å². The molecule has 0 radical (unpaired) electrons. The molecule has 1 aliphatic heterocycles. The molecule has 2 aromatic rings. The van der Waals surface area contributed by atoms with Gasteiger partial charge in [-0.3, -0.25) is 19.3 Å². The minimum atomic E-state index is -3.78. The van der Waals surface area contributed by atoms with Gasteiger partial charge in [0, 0.05) is 12.2 Å². The standard InChI is InChI=1S/C18H16N2O5S/c21-16(19-13-6-2-1-3-7-13)12-26(24,25)11-10-20-17(22)14-8-4-5-9-15(14)18(20)23/h1-9H,10-12H2,(H,19,21). The van der Waals surface area contributed by atoms with Gasteiger partial charge in [-0.05, 0) is 24.3 Å². The molecule has 26 heavy (non-hydrogen) atoms. The fourth-order valence-corrected chi connectivity index (χ4v) is 3.74. The van der Waals surface area contributed by atoms with Crippen LogP contribution in [0.5, 0.6) is 0 Å². The van der Waals surface area contributed by atoms with Crippen LogP contribution in [0.25, 0.3) is 0 Å². The van der Waals surface area contributed by atoms with Crippen molar-refractivity contribution in [3.05, 3.63) is 65.7 Å². The molecular weight excluding hydrogens is 356 g/mol. The molecule has 3 amide bonds. The Morgan fingerprint density at radius 3 is 2.00 bits per heavy atom. The van der Waals surface area contributed by atoms with Crippen LogP contribution in [0.4, 0.5) is 5.69 Å². The Labute approximate surface area is 150 Å². The number of sulfone groups is 1. The number of nitrogens with one attached hydrogen (secondary N) is 1. The molecule has 2 aromatic carbocycles. The van der Waals surface area contributed by atoms with Crippen LogP contribution in [0, 0.1) is 0 Å². The van der Waals surface area contributed by atoms with E-state index in [1.807, 2.05) is 0 Å². The van der Waals surface area contributed by atoms with Crippen molar-refractivity contribution in [1.29, 1.82) is 0 Å². The lowest BCUT2D eigenvalue weighted by Crippen LogP contribution is -2.36. The quantitative estimate of drug-likeness (QED) is 0.771. The highest BCUT2D eigenvalue weighted by molar-refractivity contribution is 7.92. The zero-order chi connectivity index (χ0) is 18.7. The normalized spacial score (nSPS) is 13.6. The molecule has 7 nitrogen and oxygen atoms in total. The number of amides is 3. The lowest BCUT2D eigenvalue weighted by atomic mass is 10.1. The van der Waals surface area contributed by atoms with Gasteiger partial charge in [0.05, 0.1) is 16.9 Å². The summed E-state index contributed by atoms with van der Waals surface area (Å²) in [5.74, 6) is -2.89. The van der Waals surface area contributed by atoms with Crippen molar-refractivity contribution in [2.75, 3.05) is 23.4 Å². The van der Waals surface area contributed by atoms with Gasteiger partial charge in [0.1, 0.15) is 5.75 Å². The molecule has 0 fully saturated rings. The molecule has 0 spiro atoms. The molecular formula is C18H16N2O5S. The summed E-state index contributed by atoms with van der Waals surface area (Å²) in [5.41, 5.74) is 1.02. The van der Waals surface area contributed by atoms with Crippen LogP contribution in [0.2, 0.25) is 0 Å². The third-order valence-corrected chi connectivity index (χ3v) is 5.42. The molecule has 0 saturated heterocycles. The van der Waals surface area contributed by atoms with Crippen molar-refractivity contribution < 1.29 is 22.8 Å². The minimum absolute atomic E-state index is 0.261. The lowest BCUT2D eigenvalue weighted by Gasteiger charge is -2.13. The van der Waals surface area contributed by atoms with Gasteiger partial charge in [-0.25, -0.2) is 8.42 Å². The second-order valence-corrected chi connectivity index (χ2v) is 8.00. The highest BCUT2D eigenvalue weighted by Crippen LogP contribution is 2.22. The smallest absolute Gasteiger partial charge is 0.261 e. The minimum Gasteiger partial charge on any atom is -0.325 e. The van der Waals surface area contributed by atoms with Gasteiger partial charge >= 0.3 is 0 Å². The van der Waals surface area contributed by atoms with Gasteiger partial charge in [0.25, 0.3) is 11.8 Å². The molecule has 1 N–H and O–H groups in total. The highest BCUT2D eigenvalue weighted by Gasteiger charge is 2.35. The van der Waals surface area contributed by atoms with E-state index in [-0.39, 0.29) is 17.7 Å². The number of para-hydroxylation sites is 1. The summed E-state index contributed by atoms with van der Waals surface area (Å²) < 4.78 is 24.3. The van der Waals surface area contributed by atoms with E-state index < -0.39 is 39.1 Å². The number of rotatable bonds is 6. The predicted molar refractivity (Wildman–Crippen MR) is 95.5 cm³/mol. The maximum Gasteiger partial charge on any atom is 0.261 e. The van der Waals surface area contributed by atoms with Crippen molar-refractivity contribution in [3.63, 3.8) is 0 Å². The average Bonchev–Trinajstić information content (AvgIpc) is 2.85. The van der Waals surface area contributed by atoms with E-state index >= 15 is 0 Å². The van der Waals surface area contributed by atoms with Gasteiger partial charge in [0.15, 0.2) is 9.84 Å². The van der Waals surface area contributed by atoms with Gasteiger partial charge in [0.2, 0.25) is 5.91 Å². The first-order valence-electron chi connectivity index (χ1n) is 7.88. The molecule has 0 aliphatic carbocycles. The molecule has 0 unspecified atom stereocenters. The second-order valence-electron chi connectivity index (χ2n) is 5.81. The van der Waals surface area contributed by atoms with Crippen LogP contribution in [0.1, 0.15) is 20.7 Å². The third kappa shape index (κ3) is 3.80. The number of fused-ring (bicyclic) bond motifs is 1. The number of hydrogen-bond acceptors (Lipinski definition) is 5. The Kier molecular flexibility index (Phi) is 4.85. The van der Waals surface area contributed by atoms with Crippen LogP contribution in [0.3, 0.4) is 0 Å². The third-order valence-electron chi connectivity index (χ3n) is 3.91. The number of benzene rings is 2. The maximum atomic E-state index is 12.2. The Hall–Kier alpha value is -3.00. The monoisotopic (exact) mass is 372 g/mol. The average molecular weight is 372 g/mol. The van der Waals surface area contributed by atoms with E-state index in [1.54, 1.807) is 42.5 Å². The van der Waals surface area contributed by atoms with Crippen molar-refractivity contribution in [1.82, 2.24) is 4.90 Å². The number of nitrogens with zero attached hydrogens (tertiary/aromatic N) is 1. The largest absolute Gasteiger partial charge is 0.325 e. The first-order valence-corrected chi connectivity index (χ1v) is 9.70. The van der Waals surface area contributed by atoms with Crippen LogP contribution in [-0.4, -0.2) is 49.1 Å². The van der Waals surface area contributed by atoms with E-state index in [0.717, 1.165) is 4.90 Å². The van der Waals surface area contributed by atoms with Crippen molar-refractivity contribution >= 4 is 33.2 Å². The molecule has 0 aromatic heterocycles. The fourth-order valence-electron chi connectivity index (χ4n) is 2.66. The van der Waals surface area contributed by atoms with Crippen LogP contribution < -0.4 is 5.32 Å². The first kappa shape index (κ1) is 17.8. The van der Waals surface area contributed by atoms with Crippen LogP contribution in [-0.2, 0) is 14.6 Å². The van der Waals surface area contributed by atoms with Gasteiger partial charge in [-0.15, -0.1) is 0 Å². The summed E-state index contributed by atoms with van der Waals surface area (Å²) in [6, 6.07) is 14.8. The van der Waals surface area contributed by atoms with E-state index in [2.05, 4.69) is 5.32 Å². The number of imide groups is 1.